The van der Waals surface area contributed by atoms with Gasteiger partial charge in [0.05, 0.1) is 0 Å². The zero-order valence-corrected chi connectivity index (χ0v) is 5.30. The smallest absolute Gasteiger partial charge is 0.0250 e. The normalized spacial score (nSPS) is 10.5. The Morgan fingerprint density at radius 2 is 2.25 bits per heavy atom. The van der Waals surface area contributed by atoms with Crippen LogP contribution in [0.1, 0.15) is 13.3 Å². The predicted molar refractivity (Wildman–Crippen MR) is 32.7 cm³/mol. The molecule has 0 aromatic rings. The molecular formula is C5H14N2O. The van der Waals surface area contributed by atoms with Gasteiger partial charge in [0.25, 0.3) is 0 Å². The maximum absolute atomic E-state index is 8.77. The molecule has 0 amide bonds. The molecule has 0 bridgehead atoms. The van der Waals surface area contributed by atoms with E-state index in [2.05, 4.69) is 0 Å². The zero-order chi connectivity index (χ0) is 6.41. The fourth-order valence-electron chi connectivity index (χ4n) is 0.432. The second kappa shape index (κ2) is 5.03. The van der Waals surface area contributed by atoms with Crippen LogP contribution in [-0.4, -0.2) is 29.9 Å². The Kier molecular flexibility index (Phi) is 4.95. The molecule has 0 aromatic carbocycles. The summed E-state index contributed by atoms with van der Waals surface area (Å²) >= 11 is 0. The van der Waals surface area contributed by atoms with Gasteiger partial charge in [0, 0.05) is 13.1 Å². The van der Waals surface area contributed by atoms with Crippen LogP contribution in [0.5, 0.6) is 0 Å². The van der Waals surface area contributed by atoms with Crippen molar-refractivity contribution in [1.82, 2.24) is 5.06 Å². The number of nitrogens with two attached hydrogens (primary N) is 1. The summed E-state index contributed by atoms with van der Waals surface area (Å²) in [5.74, 6) is 0. The second-order valence-electron chi connectivity index (χ2n) is 1.69. The molecule has 0 fully saturated rings. The van der Waals surface area contributed by atoms with E-state index in [0.29, 0.717) is 19.6 Å². The summed E-state index contributed by atoms with van der Waals surface area (Å²) in [5, 5.41) is 10.0. The molecule has 0 aliphatic heterocycles. The molecular weight excluding hydrogens is 104 g/mol. The quantitative estimate of drug-likeness (QED) is 0.513. The van der Waals surface area contributed by atoms with Crippen LogP contribution in [0.2, 0.25) is 0 Å². The molecule has 0 saturated heterocycles. The third kappa shape index (κ3) is 4.05. The van der Waals surface area contributed by atoms with Gasteiger partial charge >= 0.3 is 0 Å². The highest BCUT2D eigenvalue weighted by molar-refractivity contribution is 4.41. The summed E-state index contributed by atoms with van der Waals surface area (Å²) in [6.07, 6.45) is 0.865. The Hall–Kier alpha value is -0.120. The van der Waals surface area contributed by atoms with Gasteiger partial charge in [-0.2, -0.15) is 5.06 Å². The summed E-state index contributed by atoms with van der Waals surface area (Å²) in [6.45, 7) is 3.92. The minimum absolute atomic E-state index is 0.650. The summed E-state index contributed by atoms with van der Waals surface area (Å²) < 4.78 is 0. The van der Waals surface area contributed by atoms with Crippen molar-refractivity contribution >= 4 is 0 Å². The lowest BCUT2D eigenvalue weighted by molar-refractivity contribution is -0.0861. The van der Waals surface area contributed by atoms with Gasteiger partial charge in [-0.15, -0.1) is 0 Å². The fourth-order valence-corrected chi connectivity index (χ4v) is 0.432. The lowest BCUT2D eigenvalue weighted by Gasteiger charge is -2.09. The third-order valence-corrected chi connectivity index (χ3v) is 0.985. The summed E-state index contributed by atoms with van der Waals surface area (Å²) in [6, 6.07) is 0. The standard InChI is InChI=1S/C5H14N2O/c1-2-7(8)5-3-4-6/h8H,2-6H2,1H3. The average Bonchev–Trinajstić information content (AvgIpc) is 1.83. The molecule has 0 radical (unpaired) electrons. The Bertz CT molecular complexity index is 49.7. The molecule has 0 heterocycles. The average molecular weight is 118 g/mol. The van der Waals surface area contributed by atoms with E-state index >= 15 is 0 Å². The van der Waals surface area contributed by atoms with Gasteiger partial charge in [-0.1, -0.05) is 6.92 Å². The van der Waals surface area contributed by atoms with Crippen molar-refractivity contribution in [3.05, 3.63) is 0 Å². The Labute approximate surface area is 50.0 Å². The Morgan fingerprint density at radius 1 is 1.62 bits per heavy atom. The SMILES string of the molecule is CCN(O)CCCN. The maximum Gasteiger partial charge on any atom is 0.0250 e. The second-order valence-corrected chi connectivity index (χ2v) is 1.69. The van der Waals surface area contributed by atoms with Gasteiger partial charge < -0.3 is 10.9 Å². The number of hydrogen-bond acceptors (Lipinski definition) is 3. The summed E-state index contributed by atoms with van der Waals surface area (Å²) in [5.41, 5.74) is 5.19. The topological polar surface area (TPSA) is 49.5 Å². The molecule has 0 saturated carbocycles. The van der Waals surface area contributed by atoms with E-state index in [9.17, 15) is 0 Å². The van der Waals surface area contributed by atoms with Crippen LogP contribution in [0.3, 0.4) is 0 Å². The Balaban J connectivity index is 2.86. The van der Waals surface area contributed by atoms with Crippen LogP contribution in [0, 0.1) is 0 Å². The van der Waals surface area contributed by atoms with Crippen LogP contribution in [-0.2, 0) is 0 Å². The maximum atomic E-state index is 8.77. The number of hydrogen-bond donors (Lipinski definition) is 2. The highest BCUT2D eigenvalue weighted by Gasteiger charge is 1.91. The van der Waals surface area contributed by atoms with Crippen LogP contribution in [0.25, 0.3) is 0 Å². The monoisotopic (exact) mass is 118 g/mol. The van der Waals surface area contributed by atoms with Crippen molar-refractivity contribution in [3.8, 4) is 0 Å². The molecule has 0 spiro atoms. The first kappa shape index (κ1) is 7.88. The lowest BCUT2D eigenvalue weighted by atomic mass is 10.4. The molecule has 3 N–H and O–H groups in total. The first-order valence-corrected chi connectivity index (χ1v) is 2.95. The van der Waals surface area contributed by atoms with E-state index in [1.54, 1.807) is 0 Å². The van der Waals surface area contributed by atoms with E-state index in [4.69, 9.17) is 10.9 Å². The van der Waals surface area contributed by atoms with Crippen LogP contribution < -0.4 is 5.73 Å². The largest absolute Gasteiger partial charge is 0.330 e. The summed E-state index contributed by atoms with van der Waals surface area (Å²) in [7, 11) is 0. The minimum Gasteiger partial charge on any atom is -0.330 e. The molecule has 0 rings (SSSR count). The fraction of sp³-hybridized carbons (Fsp3) is 1.00. The molecule has 3 nitrogen and oxygen atoms in total. The molecule has 0 aromatic heterocycles. The molecule has 0 unspecified atom stereocenters. The van der Waals surface area contributed by atoms with Crippen molar-refractivity contribution in [3.63, 3.8) is 0 Å². The molecule has 0 aliphatic rings. The number of rotatable bonds is 4. The van der Waals surface area contributed by atoms with Gasteiger partial charge in [-0.25, -0.2) is 0 Å². The lowest BCUT2D eigenvalue weighted by Crippen LogP contribution is -2.21. The summed E-state index contributed by atoms with van der Waals surface area (Å²) in [4.78, 5) is 0. The third-order valence-electron chi connectivity index (χ3n) is 0.985. The van der Waals surface area contributed by atoms with Crippen LogP contribution in [0.15, 0.2) is 0 Å². The highest BCUT2D eigenvalue weighted by Crippen LogP contribution is 1.81. The Morgan fingerprint density at radius 3 is 2.62 bits per heavy atom. The number of nitrogens with zero attached hydrogens (tertiary/aromatic N) is 1. The van der Waals surface area contributed by atoms with Crippen molar-refractivity contribution in [2.45, 2.75) is 13.3 Å². The molecule has 8 heavy (non-hydrogen) atoms. The molecule has 0 atom stereocenters. The van der Waals surface area contributed by atoms with E-state index < -0.39 is 0 Å². The van der Waals surface area contributed by atoms with Crippen molar-refractivity contribution < 1.29 is 5.21 Å². The minimum atomic E-state index is 0.650. The number of hydroxylamine groups is 2. The van der Waals surface area contributed by atoms with E-state index in [0.717, 1.165) is 6.42 Å². The first-order valence-electron chi connectivity index (χ1n) is 2.95. The van der Waals surface area contributed by atoms with Gasteiger partial charge in [0.2, 0.25) is 0 Å². The van der Waals surface area contributed by atoms with E-state index in [1.165, 1.54) is 5.06 Å². The van der Waals surface area contributed by atoms with E-state index in [-0.39, 0.29) is 0 Å². The highest BCUT2D eigenvalue weighted by atomic mass is 16.5. The van der Waals surface area contributed by atoms with Gasteiger partial charge in [0.15, 0.2) is 0 Å². The van der Waals surface area contributed by atoms with Crippen LogP contribution in [0.4, 0.5) is 0 Å². The van der Waals surface area contributed by atoms with E-state index in [1.807, 2.05) is 6.92 Å². The molecule has 3 heteroatoms. The molecule has 0 aliphatic carbocycles. The predicted octanol–water partition coefficient (Wildman–Crippen LogP) is 0.0463. The first-order chi connectivity index (χ1) is 3.81. The van der Waals surface area contributed by atoms with Crippen molar-refractivity contribution in [2.24, 2.45) is 5.73 Å². The van der Waals surface area contributed by atoms with Crippen molar-refractivity contribution in [1.29, 1.82) is 0 Å². The zero-order valence-electron chi connectivity index (χ0n) is 5.30. The van der Waals surface area contributed by atoms with Crippen LogP contribution >= 0.6 is 0 Å². The molecule has 50 valence electrons. The van der Waals surface area contributed by atoms with Gasteiger partial charge in [0.1, 0.15) is 0 Å². The van der Waals surface area contributed by atoms with Gasteiger partial charge in [-0.05, 0) is 13.0 Å². The van der Waals surface area contributed by atoms with Gasteiger partial charge in [-0.3, -0.25) is 0 Å². The van der Waals surface area contributed by atoms with Crippen molar-refractivity contribution in [2.75, 3.05) is 19.6 Å².